The van der Waals surface area contributed by atoms with E-state index in [4.69, 9.17) is 11.6 Å². The van der Waals surface area contributed by atoms with Crippen LogP contribution in [0.25, 0.3) is 0 Å². The van der Waals surface area contributed by atoms with Crippen molar-refractivity contribution in [2.75, 3.05) is 26.2 Å². The summed E-state index contributed by atoms with van der Waals surface area (Å²) in [5, 5.41) is 0. The van der Waals surface area contributed by atoms with Gasteiger partial charge in [0.2, 0.25) is 5.91 Å². The van der Waals surface area contributed by atoms with Gasteiger partial charge in [-0.2, -0.15) is 0 Å². The molecule has 2 heterocycles. The number of amides is 2. The summed E-state index contributed by atoms with van der Waals surface area (Å²) in [5.74, 6) is 0.544. The van der Waals surface area contributed by atoms with Crippen LogP contribution in [0.4, 0.5) is 0 Å². The Morgan fingerprint density at radius 2 is 1.67 bits per heavy atom. The zero-order valence-electron chi connectivity index (χ0n) is 11.9. The predicted molar refractivity (Wildman–Crippen MR) is 83.8 cm³/mol. The summed E-state index contributed by atoms with van der Waals surface area (Å²) in [7, 11) is 0. The molecule has 0 bridgehead atoms. The number of hydrogen-bond donors (Lipinski definition) is 0. The molecule has 1 aliphatic carbocycles. The zero-order chi connectivity index (χ0) is 14.8. The van der Waals surface area contributed by atoms with E-state index in [2.05, 4.69) is 0 Å². The van der Waals surface area contributed by atoms with Crippen molar-refractivity contribution >= 4 is 34.8 Å². The standard InChI is InChI=1S/C15H19ClN2O2S/c16-13-6-5-12(21-13)15(20)18-9-7-17(8-10-18)14(19)11-3-1-2-4-11/h5-6,11H,1-4,7-10H2. The van der Waals surface area contributed by atoms with Crippen LogP contribution in [0.5, 0.6) is 0 Å². The van der Waals surface area contributed by atoms with E-state index >= 15 is 0 Å². The molecule has 1 aromatic rings. The molecule has 0 unspecified atom stereocenters. The van der Waals surface area contributed by atoms with Crippen molar-refractivity contribution in [2.45, 2.75) is 25.7 Å². The summed E-state index contributed by atoms with van der Waals surface area (Å²) in [5.41, 5.74) is 0. The van der Waals surface area contributed by atoms with E-state index in [0.717, 1.165) is 12.8 Å². The van der Waals surface area contributed by atoms with Crippen molar-refractivity contribution in [1.82, 2.24) is 9.80 Å². The first-order chi connectivity index (χ1) is 10.1. The predicted octanol–water partition coefficient (Wildman–Crippen LogP) is 2.88. The lowest BCUT2D eigenvalue weighted by atomic mass is 10.1. The zero-order valence-corrected chi connectivity index (χ0v) is 13.5. The van der Waals surface area contributed by atoms with Gasteiger partial charge in [-0.3, -0.25) is 9.59 Å². The van der Waals surface area contributed by atoms with E-state index in [9.17, 15) is 9.59 Å². The second-order valence-corrected chi connectivity index (χ2v) is 7.42. The molecule has 1 saturated carbocycles. The van der Waals surface area contributed by atoms with Crippen LogP contribution in [0.15, 0.2) is 12.1 Å². The summed E-state index contributed by atoms with van der Waals surface area (Å²) >= 11 is 7.19. The number of carbonyl (C=O) groups excluding carboxylic acids is 2. The summed E-state index contributed by atoms with van der Waals surface area (Å²) in [6.45, 7) is 2.54. The number of nitrogens with zero attached hydrogens (tertiary/aromatic N) is 2. The SMILES string of the molecule is O=C(c1ccc(Cl)s1)N1CCN(C(=O)C2CCCC2)CC1. The Bertz CT molecular complexity index is 532. The molecule has 2 aliphatic rings. The lowest BCUT2D eigenvalue weighted by Crippen LogP contribution is -2.51. The van der Waals surface area contributed by atoms with Gasteiger partial charge in [0.1, 0.15) is 0 Å². The van der Waals surface area contributed by atoms with Gasteiger partial charge in [0.15, 0.2) is 0 Å². The monoisotopic (exact) mass is 326 g/mol. The molecule has 3 rings (SSSR count). The van der Waals surface area contributed by atoms with Gasteiger partial charge in [-0.25, -0.2) is 0 Å². The lowest BCUT2D eigenvalue weighted by molar-refractivity contribution is -0.136. The molecule has 0 radical (unpaired) electrons. The molecule has 21 heavy (non-hydrogen) atoms. The molecule has 0 atom stereocenters. The normalized spacial score (nSPS) is 20.0. The van der Waals surface area contributed by atoms with Gasteiger partial charge in [-0.1, -0.05) is 24.4 Å². The number of thiophene rings is 1. The van der Waals surface area contributed by atoms with Gasteiger partial charge in [0.05, 0.1) is 9.21 Å². The van der Waals surface area contributed by atoms with E-state index in [-0.39, 0.29) is 11.8 Å². The molecule has 0 aromatic carbocycles. The number of piperazine rings is 1. The largest absolute Gasteiger partial charge is 0.339 e. The van der Waals surface area contributed by atoms with Crippen LogP contribution in [0.1, 0.15) is 35.4 Å². The van der Waals surface area contributed by atoms with Gasteiger partial charge < -0.3 is 9.80 Å². The molecule has 114 valence electrons. The third kappa shape index (κ3) is 3.24. The van der Waals surface area contributed by atoms with Crippen molar-refractivity contribution < 1.29 is 9.59 Å². The Hall–Kier alpha value is -1.07. The molecule has 4 nitrogen and oxygen atoms in total. The van der Waals surface area contributed by atoms with Gasteiger partial charge >= 0.3 is 0 Å². The van der Waals surface area contributed by atoms with E-state index in [1.54, 1.807) is 12.1 Å². The van der Waals surface area contributed by atoms with E-state index in [1.165, 1.54) is 24.2 Å². The quantitative estimate of drug-likeness (QED) is 0.838. The average Bonchev–Trinajstić information content (AvgIpc) is 3.17. The number of carbonyl (C=O) groups is 2. The van der Waals surface area contributed by atoms with Crippen molar-refractivity contribution in [3.63, 3.8) is 0 Å². The highest BCUT2D eigenvalue weighted by atomic mass is 35.5. The molecule has 2 fully saturated rings. The Balaban J connectivity index is 1.55. The summed E-state index contributed by atoms with van der Waals surface area (Å²) in [6, 6.07) is 3.52. The van der Waals surface area contributed by atoms with E-state index in [0.29, 0.717) is 41.3 Å². The number of hydrogen-bond acceptors (Lipinski definition) is 3. The molecule has 2 amide bonds. The molecule has 1 saturated heterocycles. The number of rotatable bonds is 2. The molecular weight excluding hydrogens is 308 g/mol. The third-order valence-corrected chi connectivity index (χ3v) is 5.59. The van der Waals surface area contributed by atoms with Crippen molar-refractivity contribution in [3.05, 3.63) is 21.3 Å². The fourth-order valence-electron chi connectivity index (χ4n) is 3.15. The Morgan fingerprint density at radius 1 is 1.05 bits per heavy atom. The first-order valence-electron chi connectivity index (χ1n) is 7.48. The molecule has 6 heteroatoms. The average molecular weight is 327 g/mol. The highest BCUT2D eigenvalue weighted by Gasteiger charge is 2.30. The van der Waals surface area contributed by atoms with Gasteiger partial charge in [-0.15, -0.1) is 11.3 Å². The third-order valence-electron chi connectivity index (χ3n) is 4.37. The van der Waals surface area contributed by atoms with Crippen LogP contribution in [-0.4, -0.2) is 47.8 Å². The van der Waals surface area contributed by atoms with Gasteiger partial charge in [0.25, 0.3) is 5.91 Å². The van der Waals surface area contributed by atoms with Gasteiger partial charge in [0, 0.05) is 32.1 Å². The van der Waals surface area contributed by atoms with Crippen molar-refractivity contribution in [3.8, 4) is 0 Å². The van der Waals surface area contributed by atoms with E-state index in [1.807, 2.05) is 9.80 Å². The highest BCUT2D eigenvalue weighted by Crippen LogP contribution is 2.27. The molecule has 0 N–H and O–H groups in total. The first-order valence-corrected chi connectivity index (χ1v) is 8.68. The maximum atomic E-state index is 12.4. The Labute approximate surface area is 133 Å². The van der Waals surface area contributed by atoms with Crippen LogP contribution in [-0.2, 0) is 4.79 Å². The topological polar surface area (TPSA) is 40.6 Å². The smallest absolute Gasteiger partial charge is 0.264 e. The Kier molecular flexibility index (Phi) is 4.50. The second-order valence-electron chi connectivity index (χ2n) is 5.70. The van der Waals surface area contributed by atoms with Gasteiger partial charge in [-0.05, 0) is 25.0 Å². The van der Waals surface area contributed by atoms with Crippen molar-refractivity contribution in [2.24, 2.45) is 5.92 Å². The van der Waals surface area contributed by atoms with Crippen LogP contribution < -0.4 is 0 Å². The summed E-state index contributed by atoms with van der Waals surface area (Å²) < 4.78 is 0.633. The fraction of sp³-hybridized carbons (Fsp3) is 0.600. The molecule has 1 aromatic heterocycles. The summed E-state index contributed by atoms with van der Waals surface area (Å²) in [4.78, 5) is 29.1. The molecular formula is C15H19ClN2O2S. The minimum atomic E-state index is 0.0277. The maximum absolute atomic E-state index is 12.4. The minimum absolute atomic E-state index is 0.0277. The molecule has 1 aliphatic heterocycles. The first kappa shape index (κ1) is 14.9. The molecule has 0 spiro atoms. The fourth-order valence-corrected chi connectivity index (χ4v) is 4.16. The number of halogens is 1. The maximum Gasteiger partial charge on any atom is 0.264 e. The van der Waals surface area contributed by atoms with Crippen LogP contribution >= 0.6 is 22.9 Å². The lowest BCUT2D eigenvalue weighted by Gasteiger charge is -2.35. The van der Waals surface area contributed by atoms with Crippen LogP contribution in [0.2, 0.25) is 4.34 Å². The minimum Gasteiger partial charge on any atom is -0.339 e. The van der Waals surface area contributed by atoms with Crippen LogP contribution in [0.3, 0.4) is 0 Å². The Morgan fingerprint density at radius 3 is 2.24 bits per heavy atom. The highest BCUT2D eigenvalue weighted by molar-refractivity contribution is 7.17. The summed E-state index contributed by atoms with van der Waals surface area (Å²) in [6.07, 6.45) is 4.42. The second kappa shape index (κ2) is 6.36. The van der Waals surface area contributed by atoms with Crippen molar-refractivity contribution in [1.29, 1.82) is 0 Å². The van der Waals surface area contributed by atoms with Crippen LogP contribution in [0, 0.1) is 5.92 Å². The van der Waals surface area contributed by atoms with E-state index < -0.39 is 0 Å².